The number of ether oxygens (including phenoxy) is 1. The fourth-order valence-electron chi connectivity index (χ4n) is 3.25. The molecule has 1 aromatic heterocycles. The largest absolute Gasteiger partial charge is 0.494 e. The van der Waals surface area contributed by atoms with Crippen LogP contribution in [0.3, 0.4) is 0 Å². The highest BCUT2D eigenvalue weighted by Crippen LogP contribution is 2.36. The minimum Gasteiger partial charge on any atom is -0.494 e. The van der Waals surface area contributed by atoms with Gasteiger partial charge in [0.05, 0.1) is 7.11 Å². The molecule has 0 saturated heterocycles. The van der Waals surface area contributed by atoms with Crippen molar-refractivity contribution in [3.05, 3.63) is 47.4 Å². The van der Waals surface area contributed by atoms with E-state index in [0.29, 0.717) is 0 Å². The second-order valence-electron chi connectivity index (χ2n) is 6.22. The molecule has 3 rings (SSSR count). The van der Waals surface area contributed by atoms with Gasteiger partial charge in [0.2, 0.25) is 0 Å². The summed E-state index contributed by atoms with van der Waals surface area (Å²) in [6.07, 6.45) is 1.94. The van der Waals surface area contributed by atoms with Crippen LogP contribution in [0.2, 0.25) is 0 Å². The van der Waals surface area contributed by atoms with Crippen LogP contribution in [0.1, 0.15) is 30.9 Å². The molecule has 0 aliphatic heterocycles. The molecule has 0 unspecified atom stereocenters. The van der Waals surface area contributed by atoms with Crippen LogP contribution in [0.4, 0.5) is 4.39 Å². The molecule has 0 spiro atoms. The van der Waals surface area contributed by atoms with Crippen molar-refractivity contribution >= 4 is 10.9 Å². The summed E-state index contributed by atoms with van der Waals surface area (Å²) in [6, 6.07) is 7.52. The van der Waals surface area contributed by atoms with Crippen LogP contribution in [0.5, 0.6) is 5.75 Å². The fraction of sp³-hybridized carbons (Fsp3) is 0.316. The molecular formula is C19H21FN2O. The first kappa shape index (κ1) is 15.5. The molecule has 0 atom stereocenters. The van der Waals surface area contributed by atoms with E-state index in [1.807, 2.05) is 52.2 Å². The second kappa shape index (κ2) is 5.69. The van der Waals surface area contributed by atoms with Crippen molar-refractivity contribution in [2.24, 2.45) is 7.05 Å². The first-order valence-electron chi connectivity index (χ1n) is 7.73. The van der Waals surface area contributed by atoms with E-state index < -0.39 is 0 Å². The number of aromatic nitrogens is 2. The van der Waals surface area contributed by atoms with Crippen molar-refractivity contribution in [3.8, 4) is 16.9 Å². The number of benzene rings is 2. The minimum atomic E-state index is -0.150. The Balaban J connectivity index is 2.25. The van der Waals surface area contributed by atoms with Crippen LogP contribution in [-0.2, 0) is 7.05 Å². The standard InChI is InChI=1S/C19H21FN2O/c1-11(2)18-12(3)8-13(9-16(18)20)14-6-7-17(23-5)19-15(14)10-22(4)21-19/h6-11H,1-5H3. The van der Waals surface area contributed by atoms with Gasteiger partial charge in [-0.15, -0.1) is 0 Å². The molecule has 0 N–H and O–H groups in total. The van der Waals surface area contributed by atoms with Crippen molar-refractivity contribution in [1.82, 2.24) is 9.78 Å². The number of hydrogen-bond acceptors (Lipinski definition) is 2. The van der Waals surface area contributed by atoms with Gasteiger partial charge in [-0.05, 0) is 53.3 Å². The quantitative estimate of drug-likeness (QED) is 0.693. The van der Waals surface area contributed by atoms with Gasteiger partial charge in [0, 0.05) is 18.6 Å². The number of methoxy groups -OCH3 is 1. The zero-order chi connectivity index (χ0) is 16.7. The lowest BCUT2D eigenvalue weighted by molar-refractivity contribution is 0.418. The molecule has 1 heterocycles. The maximum Gasteiger partial charge on any atom is 0.147 e. The maximum absolute atomic E-state index is 14.6. The Morgan fingerprint density at radius 3 is 2.57 bits per heavy atom. The van der Waals surface area contributed by atoms with Crippen molar-refractivity contribution in [2.75, 3.05) is 7.11 Å². The molecule has 0 amide bonds. The van der Waals surface area contributed by atoms with E-state index in [1.54, 1.807) is 17.9 Å². The van der Waals surface area contributed by atoms with Crippen molar-refractivity contribution in [2.45, 2.75) is 26.7 Å². The lowest BCUT2D eigenvalue weighted by atomic mass is 9.92. The highest BCUT2D eigenvalue weighted by Gasteiger charge is 2.16. The third-order valence-corrected chi connectivity index (χ3v) is 4.20. The van der Waals surface area contributed by atoms with E-state index >= 15 is 0 Å². The number of rotatable bonds is 3. The van der Waals surface area contributed by atoms with Gasteiger partial charge in [-0.1, -0.05) is 19.9 Å². The van der Waals surface area contributed by atoms with Gasteiger partial charge in [-0.25, -0.2) is 4.39 Å². The minimum absolute atomic E-state index is 0.150. The van der Waals surface area contributed by atoms with Gasteiger partial charge < -0.3 is 4.74 Å². The third-order valence-electron chi connectivity index (χ3n) is 4.20. The first-order valence-corrected chi connectivity index (χ1v) is 7.73. The topological polar surface area (TPSA) is 27.1 Å². The summed E-state index contributed by atoms with van der Waals surface area (Å²) in [5, 5.41) is 5.42. The van der Waals surface area contributed by atoms with Crippen molar-refractivity contribution < 1.29 is 9.13 Å². The molecule has 0 aliphatic carbocycles. The second-order valence-corrected chi connectivity index (χ2v) is 6.22. The molecule has 2 aromatic carbocycles. The molecule has 3 nitrogen and oxygen atoms in total. The monoisotopic (exact) mass is 312 g/mol. The Morgan fingerprint density at radius 1 is 1.22 bits per heavy atom. The van der Waals surface area contributed by atoms with Crippen molar-refractivity contribution in [3.63, 3.8) is 0 Å². The summed E-state index contributed by atoms with van der Waals surface area (Å²) in [5.41, 5.74) is 4.38. The predicted molar refractivity (Wildman–Crippen MR) is 91.5 cm³/mol. The molecule has 0 saturated carbocycles. The van der Waals surface area contributed by atoms with Crippen LogP contribution in [-0.4, -0.2) is 16.9 Å². The average molecular weight is 312 g/mol. The Labute approximate surface area is 135 Å². The van der Waals surface area contributed by atoms with Gasteiger partial charge in [0.1, 0.15) is 17.1 Å². The lowest BCUT2D eigenvalue weighted by Crippen LogP contribution is -1.98. The van der Waals surface area contributed by atoms with Crippen LogP contribution in [0.15, 0.2) is 30.5 Å². The number of hydrogen-bond donors (Lipinski definition) is 0. The molecule has 0 aliphatic rings. The van der Waals surface area contributed by atoms with Crippen LogP contribution in [0.25, 0.3) is 22.0 Å². The lowest BCUT2D eigenvalue weighted by Gasteiger charge is -2.14. The highest BCUT2D eigenvalue weighted by atomic mass is 19.1. The summed E-state index contributed by atoms with van der Waals surface area (Å²) in [6.45, 7) is 5.99. The maximum atomic E-state index is 14.6. The molecule has 120 valence electrons. The van der Waals surface area contributed by atoms with E-state index in [-0.39, 0.29) is 11.7 Å². The summed E-state index contributed by atoms with van der Waals surface area (Å²) in [5.74, 6) is 0.738. The highest BCUT2D eigenvalue weighted by molar-refractivity contribution is 5.97. The van der Waals surface area contributed by atoms with Crippen LogP contribution in [0, 0.1) is 12.7 Å². The molecule has 3 aromatic rings. The predicted octanol–water partition coefficient (Wildman–Crippen LogP) is 4.82. The van der Waals surface area contributed by atoms with Crippen molar-refractivity contribution in [1.29, 1.82) is 0 Å². The Bertz CT molecular complexity index is 857. The first-order chi connectivity index (χ1) is 10.9. The molecule has 0 bridgehead atoms. The SMILES string of the molecule is COc1ccc(-c2cc(C)c(C(C)C)c(F)c2)c2cn(C)nc12. The summed E-state index contributed by atoms with van der Waals surface area (Å²) in [4.78, 5) is 0. The smallest absolute Gasteiger partial charge is 0.147 e. The average Bonchev–Trinajstić information content (AvgIpc) is 2.86. The Kier molecular flexibility index (Phi) is 3.84. The van der Waals surface area contributed by atoms with Gasteiger partial charge in [-0.3, -0.25) is 4.68 Å². The molecule has 0 radical (unpaired) electrons. The van der Waals surface area contributed by atoms with E-state index in [1.165, 1.54) is 0 Å². The molecule has 23 heavy (non-hydrogen) atoms. The van der Waals surface area contributed by atoms with E-state index in [4.69, 9.17) is 4.74 Å². The molecule has 4 heteroatoms. The zero-order valence-electron chi connectivity index (χ0n) is 14.1. The van der Waals surface area contributed by atoms with E-state index in [9.17, 15) is 4.39 Å². The normalized spacial score (nSPS) is 11.4. The van der Waals surface area contributed by atoms with Gasteiger partial charge in [0.15, 0.2) is 0 Å². The number of halogens is 1. The Morgan fingerprint density at radius 2 is 1.96 bits per heavy atom. The fourth-order valence-corrected chi connectivity index (χ4v) is 3.25. The number of aryl methyl sites for hydroxylation is 2. The van der Waals surface area contributed by atoms with Gasteiger partial charge in [-0.2, -0.15) is 5.10 Å². The summed E-state index contributed by atoms with van der Waals surface area (Å²) < 4.78 is 21.7. The molecular weight excluding hydrogens is 291 g/mol. The summed E-state index contributed by atoms with van der Waals surface area (Å²) in [7, 11) is 3.50. The van der Waals surface area contributed by atoms with Crippen LogP contribution >= 0.6 is 0 Å². The molecule has 0 fully saturated rings. The Hall–Kier alpha value is -2.36. The number of nitrogens with zero attached hydrogens (tertiary/aromatic N) is 2. The van der Waals surface area contributed by atoms with Gasteiger partial charge >= 0.3 is 0 Å². The van der Waals surface area contributed by atoms with Crippen LogP contribution < -0.4 is 4.74 Å². The van der Waals surface area contributed by atoms with E-state index in [2.05, 4.69) is 5.10 Å². The summed E-state index contributed by atoms with van der Waals surface area (Å²) >= 11 is 0. The third kappa shape index (κ3) is 2.58. The zero-order valence-corrected chi connectivity index (χ0v) is 14.1. The van der Waals surface area contributed by atoms with Gasteiger partial charge in [0.25, 0.3) is 0 Å². The van der Waals surface area contributed by atoms with E-state index in [0.717, 1.165) is 38.9 Å². The number of fused-ring (bicyclic) bond motifs is 1.